The predicted octanol–water partition coefficient (Wildman–Crippen LogP) is 4.80. The van der Waals surface area contributed by atoms with E-state index in [1.165, 1.54) is 29.5 Å². The molecule has 29 heavy (non-hydrogen) atoms. The number of hydrogen-bond donors (Lipinski definition) is 2. The van der Waals surface area contributed by atoms with Crippen molar-refractivity contribution in [2.75, 3.05) is 0 Å². The molecule has 0 aliphatic heterocycles. The van der Waals surface area contributed by atoms with E-state index < -0.39 is 0 Å². The number of aromatic nitrogens is 5. The molecule has 1 unspecified atom stereocenters. The van der Waals surface area contributed by atoms with Crippen LogP contribution in [0.3, 0.4) is 0 Å². The standard InChI is InChI=1S/C23H26N6/c1-14(2)29-13-17(12-26-29)22-27-21-19(9-10-25-23(21)28-22)16-7-8-18-15(11-16)5-3-4-6-20(18)24/h7-14,20H,3-6,24H2,1-2H3,(H,25,27,28). The predicted molar refractivity (Wildman–Crippen MR) is 115 cm³/mol. The highest BCUT2D eigenvalue weighted by molar-refractivity contribution is 5.91. The van der Waals surface area contributed by atoms with Crippen molar-refractivity contribution in [1.82, 2.24) is 24.7 Å². The number of pyridine rings is 1. The van der Waals surface area contributed by atoms with Gasteiger partial charge in [-0.05, 0) is 55.9 Å². The largest absolute Gasteiger partial charge is 0.324 e. The number of nitrogens with zero attached hydrogens (tertiary/aromatic N) is 4. The van der Waals surface area contributed by atoms with Crippen molar-refractivity contribution < 1.29 is 0 Å². The van der Waals surface area contributed by atoms with Crippen LogP contribution in [-0.2, 0) is 6.42 Å². The molecule has 0 saturated heterocycles. The Morgan fingerprint density at radius 3 is 2.90 bits per heavy atom. The maximum Gasteiger partial charge on any atom is 0.158 e. The lowest BCUT2D eigenvalue weighted by molar-refractivity contribution is 0.532. The Hall–Kier alpha value is -2.99. The van der Waals surface area contributed by atoms with E-state index in [9.17, 15) is 0 Å². The van der Waals surface area contributed by atoms with Gasteiger partial charge in [0.15, 0.2) is 5.65 Å². The molecule has 6 heteroatoms. The Bertz CT molecular complexity index is 1170. The molecule has 0 fully saturated rings. The summed E-state index contributed by atoms with van der Waals surface area (Å²) in [7, 11) is 0. The number of aromatic amines is 1. The lowest BCUT2D eigenvalue weighted by Gasteiger charge is -2.14. The second-order valence-electron chi connectivity index (χ2n) is 8.21. The zero-order chi connectivity index (χ0) is 20.0. The van der Waals surface area contributed by atoms with Gasteiger partial charge >= 0.3 is 0 Å². The zero-order valence-corrected chi connectivity index (χ0v) is 16.9. The Labute approximate surface area is 170 Å². The van der Waals surface area contributed by atoms with E-state index in [2.05, 4.69) is 47.1 Å². The van der Waals surface area contributed by atoms with Crippen LogP contribution in [0, 0.1) is 0 Å². The maximum absolute atomic E-state index is 6.38. The van der Waals surface area contributed by atoms with Gasteiger partial charge in [0, 0.05) is 30.0 Å². The van der Waals surface area contributed by atoms with Gasteiger partial charge in [-0.15, -0.1) is 0 Å². The Kier molecular flexibility index (Phi) is 4.43. The van der Waals surface area contributed by atoms with Crippen molar-refractivity contribution in [3.8, 4) is 22.5 Å². The average Bonchev–Trinajstić information content (AvgIpc) is 3.33. The molecule has 3 N–H and O–H groups in total. The molecule has 0 radical (unpaired) electrons. The second kappa shape index (κ2) is 7.12. The van der Waals surface area contributed by atoms with Crippen LogP contribution in [-0.4, -0.2) is 24.7 Å². The SMILES string of the molecule is CC(C)n1cc(-c2nc3c(-c4ccc5c(c4)CCCCC5N)ccnc3[nH]2)cn1. The number of H-pyrrole nitrogens is 1. The molecular formula is C23H26N6. The van der Waals surface area contributed by atoms with E-state index in [0.29, 0.717) is 6.04 Å². The molecule has 0 bridgehead atoms. The fourth-order valence-electron chi connectivity index (χ4n) is 4.21. The minimum atomic E-state index is 0.147. The van der Waals surface area contributed by atoms with Gasteiger partial charge in [0.2, 0.25) is 0 Å². The highest BCUT2D eigenvalue weighted by atomic mass is 15.3. The van der Waals surface area contributed by atoms with E-state index in [0.717, 1.165) is 41.0 Å². The minimum absolute atomic E-state index is 0.147. The molecule has 1 aromatic carbocycles. The first-order chi connectivity index (χ1) is 14.1. The quantitative estimate of drug-likeness (QED) is 0.496. The summed E-state index contributed by atoms with van der Waals surface area (Å²) in [6, 6.07) is 9.17. The number of benzene rings is 1. The normalized spacial score (nSPS) is 16.9. The van der Waals surface area contributed by atoms with Gasteiger partial charge in [-0.3, -0.25) is 4.68 Å². The molecule has 6 nitrogen and oxygen atoms in total. The summed E-state index contributed by atoms with van der Waals surface area (Å²) in [5, 5.41) is 4.43. The number of fused-ring (bicyclic) bond motifs is 2. The van der Waals surface area contributed by atoms with Crippen molar-refractivity contribution in [2.45, 2.75) is 51.6 Å². The van der Waals surface area contributed by atoms with Crippen molar-refractivity contribution in [3.63, 3.8) is 0 Å². The molecule has 5 rings (SSSR count). The summed E-state index contributed by atoms with van der Waals surface area (Å²) in [6.07, 6.45) is 10.3. The van der Waals surface area contributed by atoms with Gasteiger partial charge < -0.3 is 10.7 Å². The molecule has 3 heterocycles. The van der Waals surface area contributed by atoms with Crippen molar-refractivity contribution >= 4 is 11.2 Å². The lowest BCUT2D eigenvalue weighted by atomic mass is 9.94. The number of aryl methyl sites for hydroxylation is 1. The molecule has 148 valence electrons. The topological polar surface area (TPSA) is 85.4 Å². The van der Waals surface area contributed by atoms with Crippen LogP contribution in [0.4, 0.5) is 0 Å². The highest BCUT2D eigenvalue weighted by Crippen LogP contribution is 2.33. The van der Waals surface area contributed by atoms with Crippen LogP contribution in [0.1, 0.15) is 56.3 Å². The van der Waals surface area contributed by atoms with Gasteiger partial charge in [-0.2, -0.15) is 5.10 Å². The molecule has 0 amide bonds. The fourth-order valence-corrected chi connectivity index (χ4v) is 4.21. The Balaban J connectivity index is 1.59. The number of nitrogens with one attached hydrogen (secondary N) is 1. The van der Waals surface area contributed by atoms with Crippen LogP contribution in [0.5, 0.6) is 0 Å². The van der Waals surface area contributed by atoms with Gasteiger partial charge in [0.25, 0.3) is 0 Å². The van der Waals surface area contributed by atoms with Gasteiger partial charge in [0.05, 0.1) is 11.8 Å². The number of rotatable bonds is 3. The summed E-state index contributed by atoms with van der Waals surface area (Å²) < 4.78 is 1.94. The van der Waals surface area contributed by atoms with Crippen LogP contribution in [0.2, 0.25) is 0 Å². The van der Waals surface area contributed by atoms with Crippen molar-refractivity contribution in [1.29, 1.82) is 0 Å². The molecule has 0 spiro atoms. The van der Waals surface area contributed by atoms with Crippen LogP contribution < -0.4 is 5.73 Å². The van der Waals surface area contributed by atoms with Crippen molar-refractivity contribution in [2.24, 2.45) is 5.73 Å². The first-order valence-corrected chi connectivity index (χ1v) is 10.4. The summed E-state index contributed by atoms with van der Waals surface area (Å²) in [4.78, 5) is 12.7. The summed E-state index contributed by atoms with van der Waals surface area (Å²) in [5.41, 5.74) is 13.9. The van der Waals surface area contributed by atoms with Crippen LogP contribution in [0.25, 0.3) is 33.7 Å². The van der Waals surface area contributed by atoms with Gasteiger partial charge in [-0.25, -0.2) is 9.97 Å². The van der Waals surface area contributed by atoms with Crippen LogP contribution >= 0.6 is 0 Å². The molecule has 0 saturated carbocycles. The summed E-state index contributed by atoms with van der Waals surface area (Å²) >= 11 is 0. The lowest BCUT2D eigenvalue weighted by Crippen LogP contribution is -2.10. The first kappa shape index (κ1) is 18.1. The molecule has 1 aliphatic rings. The highest BCUT2D eigenvalue weighted by Gasteiger charge is 2.18. The van der Waals surface area contributed by atoms with E-state index in [-0.39, 0.29) is 6.04 Å². The maximum atomic E-state index is 6.38. The summed E-state index contributed by atoms with van der Waals surface area (Å²) in [5.74, 6) is 0.795. The fraction of sp³-hybridized carbons (Fsp3) is 0.348. The van der Waals surface area contributed by atoms with E-state index in [4.69, 9.17) is 10.7 Å². The summed E-state index contributed by atoms with van der Waals surface area (Å²) in [6.45, 7) is 4.22. The number of imidazole rings is 1. The van der Waals surface area contributed by atoms with Crippen molar-refractivity contribution in [3.05, 3.63) is 54.0 Å². The molecule has 3 aromatic heterocycles. The molecule has 1 atom stereocenters. The smallest absolute Gasteiger partial charge is 0.158 e. The monoisotopic (exact) mass is 386 g/mol. The number of nitrogens with two attached hydrogens (primary N) is 1. The third kappa shape index (κ3) is 3.23. The average molecular weight is 387 g/mol. The zero-order valence-electron chi connectivity index (χ0n) is 16.9. The first-order valence-electron chi connectivity index (χ1n) is 10.4. The number of hydrogen-bond acceptors (Lipinski definition) is 4. The van der Waals surface area contributed by atoms with Gasteiger partial charge in [-0.1, -0.05) is 24.6 Å². The second-order valence-corrected chi connectivity index (χ2v) is 8.21. The Morgan fingerprint density at radius 1 is 1.17 bits per heavy atom. The van der Waals surface area contributed by atoms with Gasteiger partial charge in [0.1, 0.15) is 11.3 Å². The van der Waals surface area contributed by atoms with Crippen LogP contribution in [0.15, 0.2) is 42.9 Å². The molecular weight excluding hydrogens is 360 g/mol. The molecule has 4 aromatic rings. The third-order valence-corrected chi connectivity index (χ3v) is 5.85. The van der Waals surface area contributed by atoms with E-state index in [1.54, 1.807) is 0 Å². The van der Waals surface area contributed by atoms with E-state index in [1.807, 2.05) is 29.3 Å². The van der Waals surface area contributed by atoms with E-state index >= 15 is 0 Å². The Morgan fingerprint density at radius 2 is 2.07 bits per heavy atom. The third-order valence-electron chi connectivity index (χ3n) is 5.85. The molecule has 1 aliphatic carbocycles. The minimum Gasteiger partial charge on any atom is -0.324 e.